The average molecular weight is 192 g/mol. The quantitative estimate of drug-likeness (QED) is 0.496. The highest BCUT2D eigenvalue weighted by Gasteiger charge is 2.42. The fourth-order valence-corrected chi connectivity index (χ4v) is 1.55. The van der Waals surface area contributed by atoms with Crippen LogP contribution in [0.4, 0.5) is 0 Å². The SMILES string of the molecule is CO[C@@H]1C(O)[C@@H](C)OC(CO)[C@@H]1O. The Hall–Kier alpha value is -0.200. The van der Waals surface area contributed by atoms with Gasteiger partial charge in [0, 0.05) is 7.11 Å². The first-order valence-electron chi connectivity index (χ1n) is 4.27. The number of ether oxygens (including phenoxy) is 2. The zero-order valence-electron chi connectivity index (χ0n) is 7.75. The lowest BCUT2D eigenvalue weighted by Crippen LogP contribution is -2.58. The second kappa shape index (κ2) is 4.34. The molecular formula is C8H16O5. The lowest BCUT2D eigenvalue weighted by Gasteiger charge is -2.40. The van der Waals surface area contributed by atoms with E-state index in [1.807, 2.05) is 0 Å². The number of hydrogen-bond donors (Lipinski definition) is 3. The number of methoxy groups -OCH3 is 1. The molecule has 1 heterocycles. The van der Waals surface area contributed by atoms with Gasteiger partial charge in [0.25, 0.3) is 0 Å². The van der Waals surface area contributed by atoms with E-state index in [9.17, 15) is 10.2 Å². The van der Waals surface area contributed by atoms with Crippen molar-refractivity contribution in [3.63, 3.8) is 0 Å². The van der Waals surface area contributed by atoms with E-state index in [0.29, 0.717) is 0 Å². The summed E-state index contributed by atoms with van der Waals surface area (Å²) >= 11 is 0. The summed E-state index contributed by atoms with van der Waals surface area (Å²) in [6.07, 6.45) is -3.65. The molecule has 0 amide bonds. The molecule has 2 unspecified atom stereocenters. The van der Waals surface area contributed by atoms with Gasteiger partial charge in [-0.25, -0.2) is 0 Å². The van der Waals surface area contributed by atoms with E-state index in [-0.39, 0.29) is 6.61 Å². The molecule has 0 saturated carbocycles. The summed E-state index contributed by atoms with van der Waals surface area (Å²) in [5, 5.41) is 27.9. The van der Waals surface area contributed by atoms with Crippen molar-refractivity contribution in [3.8, 4) is 0 Å². The van der Waals surface area contributed by atoms with E-state index < -0.39 is 30.5 Å². The summed E-state index contributed by atoms with van der Waals surface area (Å²) in [6, 6.07) is 0. The first kappa shape index (κ1) is 10.9. The van der Waals surface area contributed by atoms with Crippen LogP contribution in [0.25, 0.3) is 0 Å². The Kier molecular flexibility index (Phi) is 3.63. The Bertz CT molecular complexity index is 163. The van der Waals surface area contributed by atoms with Gasteiger partial charge in [-0.2, -0.15) is 0 Å². The van der Waals surface area contributed by atoms with Crippen LogP contribution in [-0.4, -0.2) is 59.6 Å². The maximum atomic E-state index is 9.55. The molecule has 3 N–H and O–H groups in total. The molecule has 0 radical (unpaired) electrons. The molecule has 1 saturated heterocycles. The van der Waals surface area contributed by atoms with Gasteiger partial charge in [0.2, 0.25) is 0 Å². The molecule has 78 valence electrons. The zero-order valence-corrected chi connectivity index (χ0v) is 7.75. The molecule has 1 rings (SSSR count). The van der Waals surface area contributed by atoms with Crippen LogP contribution in [0.2, 0.25) is 0 Å². The van der Waals surface area contributed by atoms with Gasteiger partial charge in [-0.05, 0) is 6.92 Å². The third-order valence-electron chi connectivity index (χ3n) is 2.38. The van der Waals surface area contributed by atoms with Crippen LogP contribution in [0.1, 0.15) is 6.92 Å². The van der Waals surface area contributed by atoms with Crippen LogP contribution >= 0.6 is 0 Å². The molecule has 1 fully saturated rings. The van der Waals surface area contributed by atoms with Crippen LogP contribution in [0.3, 0.4) is 0 Å². The van der Waals surface area contributed by atoms with Gasteiger partial charge in [0.15, 0.2) is 0 Å². The Morgan fingerprint density at radius 2 is 1.92 bits per heavy atom. The fraction of sp³-hybridized carbons (Fsp3) is 1.00. The van der Waals surface area contributed by atoms with Gasteiger partial charge in [0.05, 0.1) is 12.7 Å². The number of rotatable bonds is 2. The normalized spacial score (nSPS) is 46.4. The van der Waals surface area contributed by atoms with Crippen molar-refractivity contribution in [1.82, 2.24) is 0 Å². The molecule has 13 heavy (non-hydrogen) atoms. The van der Waals surface area contributed by atoms with Crippen molar-refractivity contribution in [3.05, 3.63) is 0 Å². The largest absolute Gasteiger partial charge is 0.394 e. The molecule has 0 aromatic rings. The van der Waals surface area contributed by atoms with Gasteiger partial charge in [-0.15, -0.1) is 0 Å². The minimum Gasteiger partial charge on any atom is -0.394 e. The number of aliphatic hydroxyl groups excluding tert-OH is 3. The molecule has 0 aliphatic carbocycles. The third kappa shape index (κ3) is 2.00. The first-order valence-corrected chi connectivity index (χ1v) is 4.27. The van der Waals surface area contributed by atoms with Crippen LogP contribution in [0.5, 0.6) is 0 Å². The molecule has 5 nitrogen and oxygen atoms in total. The second-order valence-corrected chi connectivity index (χ2v) is 3.24. The second-order valence-electron chi connectivity index (χ2n) is 3.24. The van der Waals surface area contributed by atoms with Crippen LogP contribution in [0, 0.1) is 0 Å². The van der Waals surface area contributed by atoms with E-state index in [1.165, 1.54) is 7.11 Å². The molecule has 0 bridgehead atoms. The van der Waals surface area contributed by atoms with Gasteiger partial charge < -0.3 is 24.8 Å². The zero-order chi connectivity index (χ0) is 10.0. The molecule has 0 aromatic heterocycles. The summed E-state index contributed by atoms with van der Waals surface area (Å²) in [4.78, 5) is 0. The smallest absolute Gasteiger partial charge is 0.114 e. The highest BCUT2D eigenvalue weighted by Crippen LogP contribution is 2.22. The predicted molar refractivity (Wildman–Crippen MR) is 44.2 cm³/mol. The molecule has 0 aromatic carbocycles. The number of hydrogen-bond acceptors (Lipinski definition) is 5. The van der Waals surface area contributed by atoms with Crippen molar-refractivity contribution in [2.75, 3.05) is 13.7 Å². The Morgan fingerprint density at radius 1 is 1.31 bits per heavy atom. The summed E-state index contributed by atoms with van der Waals surface area (Å²) in [5.74, 6) is 0. The average Bonchev–Trinajstić information content (AvgIpc) is 2.12. The van der Waals surface area contributed by atoms with Gasteiger partial charge in [0.1, 0.15) is 24.4 Å². The van der Waals surface area contributed by atoms with Crippen LogP contribution in [0.15, 0.2) is 0 Å². The monoisotopic (exact) mass is 192 g/mol. The van der Waals surface area contributed by atoms with Crippen molar-refractivity contribution in [2.24, 2.45) is 0 Å². The third-order valence-corrected chi connectivity index (χ3v) is 2.38. The first-order chi connectivity index (χ1) is 6.11. The van der Waals surface area contributed by atoms with E-state index in [4.69, 9.17) is 14.6 Å². The van der Waals surface area contributed by atoms with E-state index in [2.05, 4.69) is 0 Å². The Morgan fingerprint density at radius 3 is 2.38 bits per heavy atom. The minimum absolute atomic E-state index is 0.280. The summed E-state index contributed by atoms with van der Waals surface area (Å²) in [6.45, 7) is 1.39. The van der Waals surface area contributed by atoms with Crippen LogP contribution in [-0.2, 0) is 9.47 Å². The van der Waals surface area contributed by atoms with Gasteiger partial charge >= 0.3 is 0 Å². The highest BCUT2D eigenvalue weighted by molar-refractivity contribution is 4.91. The summed E-state index contributed by atoms with van der Waals surface area (Å²) in [7, 11) is 1.41. The van der Waals surface area contributed by atoms with Crippen LogP contribution < -0.4 is 0 Å². The number of aliphatic hydroxyl groups is 3. The van der Waals surface area contributed by atoms with E-state index in [1.54, 1.807) is 6.92 Å². The maximum Gasteiger partial charge on any atom is 0.114 e. The molecule has 0 spiro atoms. The van der Waals surface area contributed by atoms with Crippen molar-refractivity contribution in [1.29, 1.82) is 0 Å². The molecular weight excluding hydrogens is 176 g/mol. The van der Waals surface area contributed by atoms with Gasteiger partial charge in [-0.3, -0.25) is 0 Å². The topological polar surface area (TPSA) is 79.2 Å². The fourth-order valence-electron chi connectivity index (χ4n) is 1.55. The lowest BCUT2D eigenvalue weighted by atomic mass is 9.96. The van der Waals surface area contributed by atoms with Gasteiger partial charge in [-0.1, -0.05) is 0 Å². The molecule has 5 heteroatoms. The van der Waals surface area contributed by atoms with E-state index in [0.717, 1.165) is 0 Å². The molecule has 1 aliphatic rings. The Balaban J connectivity index is 2.69. The highest BCUT2D eigenvalue weighted by atomic mass is 16.6. The summed E-state index contributed by atoms with van der Waals surface area (Å²) in [5.41, 5.74) is 0. The summed E-state index contributed by atoms with van der Waals surface area (Å²) < 4.78 is 10.1. The van der Waals surface area contributed by atoms with E-state index >= 15 is 0 Å². The molecule has 1 aliphatic heterocycles. The van der Waals surface area contributed by atoms with Crippen molar-refractivity contribution in [2.45, 2.75) is 37.4 Å². The standard InChI is InChI=1S/C8H16O5/c1-4-6(10)8(12-2)7(11)5(3-9)13-4/h4-11H,3H2,1-2H3/t4-,5?,6?,7+,8-/m1/s1. The predicted octanol–water partition coefficient (Wildman–Crippen LogP) is -1.50. The maximum absolute atomic E-state index is 9.55. The lowest BCUT2D eigenvalue weighted by molar-refractivity contribution is -0.231. The molecule has 5 atom stereocenters. The van der Waals surface area contributed by atoms with Crippen molar-refractivity contribution < 1.29 is 24.8 Å². The Labute approximate surface area is 76.9 Å². The van der Waals surface area contributed by atoms with Crippen molar-refractivity contribution >= 4 is 0 Å². The minimum atomic E-state index is -0.985.